The average Bonchev–Trinajstić information content (AvgIpc) is 2.54. The molecular formula is C9H17Cl2N3. The second-order valence-electron chi connectivity index (χ2n) is 3.48. The molecule has 1 N–H and O–H groups in total. The molecule has 1 aromatic rings. The predicted octanol–water partition coefficient (Wildman–Crippen LogP) is 1.96. The van der Waals surface area contributed by atoms with Gasteiger partial charge >= 0.3 is 0 Å². The number of nitrogens with zero attached hydrogens (tertiary/aromatic N) is 2. The Hall–Kier alpha value is -0.250. The van der Waals surface area contributed by atoms with Crippen molar-refractivity contribution in [1.82, 2.24) is 15.1 Å². The van der Waals surface area contributed by atoms with Crippen molar-refractivity contribution in [3.63, 3.8) is 0 Å². The van der Waals surface area contributed by atoms with Crippen molar-refractivity contribution in [1.29, 1.82) is 0 Å². The third-order valence-corrected chi connectivity index (χ3v) is 2.41. The van der Waals surface area contributed by atoms with E-state index in [2.05, 4.69) is 28.2 Å². The van der Waals surface area contributed by atoms with Crippen LogP contribution in [0.4, 0.5) is 0 Å². The van der Waals surface area contributed by atoms with Gasteiger partial charge in [-0.1, -0.05) is 0 Å². The molecular weight excluding hydrogens is 221 g/mol. The summed E-state index contributed by atoms with van der Waals surface area (Å²) < 4.78 is 2.11. The van der Waals surface area contributed by atoms with Gasteiger partial charge in [0.1, 0.15) is 0 Å². The molecule has 1 fully saturated rings. The number of piperidine rings is 1. The lowest BCUT2D eigenvalue weighted by Gasteiger charge is -2.22. The number of halogens is 2. The molecule has 82 valence electrons. The van der Waals surface area contributed by atoms with Gasteiger partial charge in [-0.15, -0.1) is 24.8 Å². The quantitative estimate of drug-likeness (QED) is 0.810. The largest absolute Gasteiger partial charge is 0.317 e. The zero-order valence-electron chi connectivity index (χ0n) is 8.27. The number of aryl methyl sites for hydroxylation is 1. The fraction of sp³-hybridized carbons (Fsp3) is 0.667. The third-order valence-electron chi connectivity index (χ3n) is 2.41. The van der Waals surface area contributed by atoms with Crippen molar-refractivity contribution in [2.75, 3.05) is 13.1 Å². The first kappa shape index (κ1) is 13.8. The Morgan fingerprint density at radius 1 is 1.36 bits per heavy atom. The number of rotatable bonds is 1. The van der Waals surface area contributed by atoms with Gasteiger partial charge in [-0.3, -0.25) is 4.68 Å². The van der Waals surface area contributed by atoms with Crippen LogP contribution in [0.15, 0.2) is 12.4 Å². The van der Waals surface area contributed by atoms with Crippen LogP contribution in [0.3, 0.4) is 0 Å². The second-order valence-corrected chi connectivity index (χ2v) is 3.48. The molecule has 0 atom stereocenters. The molecule has 2 rings (SSSR count). The molecule has 1 aliphatic rings. The molecule has 1 aromatic heterocycles. The summed E-state index contributed by atoms with van der Waals surface area (Å²) >= 11 is 0. The Kier molecular flexibility index (Phi) is 6.16. The van der Waals surface area contributed by atoms with Crippen LogP contribution in [0.5, 0.6) is 0 Å². The van der Waals surface area contributed by atoms with Gasteiger partial charge in [0.2, 0.25) is 0 Å². The predicted molar refractivity (Wildman–Crippen MR) is 62.6 cm³/mol. The Labute approximate surface area is 97.1 Å². The summed E-state index contributed by atoms with van der Waals surface area (Å²) in [6.07, 6.45) is 6.49. The highest BCUT2D eigenvalue weighted by Gasteiger charge is 2.14. The summed E-state index contributed by atoms with van der Waals surface area (Å²) in [6.45, 7) is 4.34. The van der Waals surface area contributed by atoms with Gasteiger partial charge in [0.15, 0.2) is 0 Å². The maximum absolute atomic E-state index is 4.33. The molecule has 0 saturated carbocycles. The van der Waals surface area contributed by atoms with Crippen molar-refractivity contribution in [3.8, 4) is 0 Å². The highest BCUT2D eigenvalue weighted by molar-refractivity contribution is 5.85. The van der Waals surface area contributed by atoms with Gasteiger partial charge in [-0.2, -0.15) is 5.10 Å². The van der Waals surface area contributed by atoms with E-state index in [1.54, 1.807) is 0 Å². The summed E-state index contributed by atoms with van der Waals surface area (Å²) in [6, 6.07) is 0.625. The molecule has 14 heavy (non-hydrogen) atoms. The van der Waals surface area contributed by atoms with Gasteiger partial charge in [0, 0.05) is 6.20 Å². The summed E-state index contributed by atoms with van der Waals surface area (Å²) in [5, 5.41) is 7.68. The van der Waals surface area contributed by atoms with Crippen LogP contribution in [0.25, 0.3) is 0 Å². The monoisotopic (exact) mass is 237 g/mol. The minimum atomic E-state index is 0. The molecule has 3 nitrogen and oxygen atoms in total. The van der Waals surface area contributed by atoms with Crippen molar-refractivity contribution in [3.05, 3.63) is 18.0 Å². The van der Waals surface area contributed by atoms with Crippen molar-refractivity contribution >= 4 is 24.8 Å². The molecule has 0 radical (unpaired) electrons. The molecule has 0 bridgehead atoms. The summed E-state index contributed by atoms with van der Waals surface area (Å²) in [4.78, 5) is 0. The van der Waals surface area contributed by atoms with Crippen LogP contribution in [0.1, 0.15) is 24.4 Å². The van der Waals surface area contributed by atoms with Crippen molar-refractivity contribution < 1.29 is 0 Å². The molecule has 0 amide bonds. The first-order chi connectivity index (χ1) is 5.86. The van der Waals surface area contributed by atoms with Crippen LogP contribution in [0, 0.1) is 6.92 Å². The zero-order valence-corrected chi connectivity index (χ0v) is 9.90. The van der Waals surface area contributed by atoms with E-state index in [9.17, 15) is 0 Å². The van der Waals surface area contributed by atoms with Crippen molar-refractivity contribution in [2.24, 2.45) is 0 Å². The van der Waals surface area contributed by atoms with E-state index < -0.39 is 0 Å². The van der Waals surface area contributed by atoms with Gasteiger partial charge in [-0.25, -0.2) is 0 Å². The normalized spacial score (nSPS) is 16.9. The Bertz CT molecular complexity index is 256. The smallest absolute Gasteiger partial charge is 0.0543 e. The van der Waals surface area contributed by atoms with Gasteiger partial charge in [0.25, 0.3) is 0 Å². The number of aromatic nitrogens is 2. The molecule has 0 unspecified atom stereocenters. The van der Waals surface area contributed by atoms with E-state index in [0.717, 1.165) is 13.1 Å². The fourth-order valence-corrected chi connectivity index (χ4v) is 1.70. The number of nitrogens with one attached hydrogen (secondary N) is 1. The lowest BCUT2D eigenvalue weighted by atomic mass is 10.1. The molecule has 0 aromatic carbocycles. The van der Waals surface area contributed by atoms with Gasteiger partial charge in [0.05, 0.1) is 12.2 Å². The first-order valence-electron chi connectivity index (χ1n) is 4.58. The van der Waals surface area contributed by atoms with E-state index in [4.69, 9.17) is 0 Å². The molecule has 1 aliphatic heterocycles. The van der Waals surface area contributed by atoms with E-state index in [-0.39, 0.29) is 24.8 Å². The third kappa shape index (κ3) is 3.15. The average molecular weight is 238 g/mol. The Morgan fingerprint density at radius 2 is 2.00 bits per heavy atom. The summed E-state index contributed by atoms with van der Waals surface area (Å²) in [7, 11) is 0. The minimum Gasteiger partial charge on any atom is -0.317 e. The van der Waals surface area contributed by atoms with Crippen LogP contribution < -0.4 is 5.32 Å². The van der Waals surface area contributed by atoms with E-state index in [1.165, 1.54) is 18.4 Å². The van der Waals surface area contributed by atoms with Crippen LogP contribution >= 0.6 is 24.8 Å². The maximum Gasteiger partial charge on any atom is 0.0543 e. The zero-order chi connectivity index (χ0) is 8.39. The molecule has 0 aliphatic carbocycles. The standard InChI is InChI=1S/C9H15N3.2ClH/c1-8-6-11-12(7-8)9-2-4-10-5-3-9;;/h6-7,9-10H,2-5H2,1H3;2*1H. The molecule has 0 spiro atoms. The van der Waals surface area contributed by atoms with Crippen LogP contribution in [0.2, 0.25) is 0 Å². The maximum atomic E-state index is 4.33. The lowest BCUT2D eigenvalue weighted by molar-refractivity contribution is 0.343. The van der Waals surface area contributed by atoms with Crippen molar-refractivity contribution in [2.45, 2.75) is 25.8 Å². The highest BCUT2D eigenvalue weighted by atomic mass is 35.5. The minimum absolute atomic E-state index is 0. The fourth-order valence-electron chi connectivity index (χ4n) is 1.70. The topological polar surface area (TPSA) is 29.9 Å². The van der Waals surface area contributed by atoms with Crippen LogP contribution in [-0.4, -0.2) is 22.9 Å². The van der Waals surface area contributed by atoms with Gasteiger partial charge in [-0.05, 0) is 38.4 Å². The summed E-state index contributed by atoms with van der Waals surface area (Å²) in [5.41, 5.74) is 1.26. The van der Waals surface area contributed by atoms with Crippen LogP contribution in [-0.2, 0) is 0 Å². The molecule has 5 heteroatoms. The Morgan fingerprint density at radius 3 is 2.50 bits per heavy atom. The molecule has 1 saturated heterocycles. The summed E-state index contributed by atoms with van der Waals surface area (Å²) in [5.74, 6) is 0. The second kappa shape index (κ2) is 6.27. The number of hydrogen-bond acceptors (Lipinski definition) is 2. The van der Waals surface area contributed by atoms with E-state index >= 15 is 0 Å². The Balaban J connectivity index is 0.000000845. The first-order valence-corrected chi connectivity index (χ1v) is 4.58. The van der Waals surface area contributed by atoms with Gasteiger partial charge < -0.3 is 5.32 Å². The highest BCUT2D eigenvalue weighted by Crippen LogP contribution is 2.17. The SMILES string of the molecule is Cc1cnn(C2CCNCC2)c1.Cl.Cl. The molecule has 2 heterocycles. The number of hydrogen-bond donors (Lipinski definition) is 1. The van der Waals surface area contributed by atoms with E-state index in [0.29, 0.717) is 6.04 Å². The lowest BCUT2D eigenvalue weighted by Crippen LogP contribution is -2.29. The van der Waals surface area contributed by atoms with E-state index in [1.807, 2.05) is 6.20 Å².